The van der Waals surface area contributed by atoms with Crippen LogP contribution in [0.25, 0.3) is 0 Å². The fourth-order valence-electron chi connectivity index (χ4n) is 8.57. The van der Waals surface area contributed by atoms with Crippen molar-refractivity contribution in [3.63, 3.8) is 0 Å². The number of carbonyl (C=O) groups is 1. The van der Waals surface area contributed by atoms with Crippen LogP contribution in [0.2, 0.25) is 0 Å². The predicted molar refractivity (Wildman–Crippen MR) is 277 cm³/mol. The number of hydrogen-bond donors (Lipinski definition) is 3. The van der Waals surface area contributed by atoms with Gasteiger partial charge < -0.3 is 19.8 Å². The number of nitrogens with zero attached hydrogens (tertiary/aromatic N) is 1. The van der Waals surface area contributed by atoms with E-state index in [-0.39, 0.29) is 19.1 Å². The van der Waals surface area contributed by atoms with Gasteiger partial charge in [-0.15, -0.1) is 0 Å². The maximum absolute atomic E-state index is 12.9. The predicted octanol–water partition coefficient (Wildman–Crippen LogP) is 16.7. The molecule has 64 heavy (non-hydrogen) atoms. The van der Waals surface area contributed by atoms with E-state index in [1.54, 1.807) is 6.08 Å². The van der Waals surface area contributed by atoms with Gasteiger partial charge in [-0.3, -0.25) is 13.8 Å². The molecular formula is C55H112N2O6P+. The van der Waals surface area contributed by atoms with Crippen molar-refractivity contribution < 1.29 is 32.9 Å². The van der Waals surface area contributed by atoms with Crippen molar-refractivity contribution in [2.45, 2.75) is 296 Å². The number of rotatable bonds is 52. The number of phosphoric acid groups is 1. The fraction of sp³-hybridized carbons (Fsp3) is 0.945. The molecule has 8 nitrogen and oxygen atoms in total. The molecule has 0 aromatic carbocycles. The first-order valence-corrected chi connectivity index (χ1v) is 29.6. The molecule has 0 bridgehead atoms. The van der Waals surface area contributed by atoms with Gasteiger partial charge >= 0.3 is 7.82 Å². The summed E-state index contributed by atoms with van der Waals surface area (Å²) in [5.41, 5.74) is 0. The Morgan fingerprint density at radius 1 is 0.516 bits per heavy atom. The van der Waals surface area contributed by atoms with Crippen molar-refractivity contribution in [2.24, 2.45) is 0 Å². The van der Waals surface area contributed by atoms with Crippen LogP contribution in [0.4, 0.5) is 0 Å². The third kappa shape index (κ3) is 49.2. The molecule has 0 saturated heterocycles. The third-order valence-electron chi connectivity index (χ3n) is 13.0. The van der Waals surface area contributed by atoms with Gasteiger partial charge in [0.1, 0.15) is 13.2 Å². The van der Waals surface area contributed by atoms with E-state index >= 15 is 0 Å². The van der Waals surface area contributed by atoms with E-state index < -0.39 is 20.0 Å². The van der Waals surface area contributed by atoms with Crippen LogP contribution in [-0.2, 0) is 18.4 Å². The van der Waals surface area contributed by atoms with E-state index in [2.05, 4.69) is 19.2 Å². The van der Waals surface area contributed by atoms with Crippen LogP contribution in [0.5, 0.6) is 0 Å². The van der Waals surface area contributed by atoms with Gasteiger partial charge in [-0.2, -0.15) is 0 Å². The number of aliphatic hydroxyl groups is 1. The van der Waals surface area contributed by atoms with Crippen LogP contribution in [0.15, 0.2) is 12.2 Å². The molecule has 3 atom stereocenters. The first kappa shape index (κ1) is 63.2. The van der Waals surface area contributed by atoms with Crippen molar-refractivity contribution in [1.82, 2.24) is 5.32 Å². The second-order valence-corrected chi connectivity index (χ2v) is 22.1. The van der Waals surface area contributed by atoms with E-state index in [0.29, 0.717) is 17.4 Å². The normalized spacial score (nSPS) is 14.0. The average molecular weight is 928 g/mol. The summed E-state index contributed by atoms with van der Waals surface area (Å²) < 4.78 is 23.7. The number of unbranched alkanes of at least 4 members (excludes halogenated alkanes) is 39. The van der Waals surface area contributed by atoms with Crippen LogP contribution >= 0.6 is 7.82 Å². The molecule has 0 fully saturated rings. The second kappa shape index (κ2) is 47.3. The van der Waals surface area contributed by atoms with Crippen molar-refractivity contribution in [1.29, 1.82) is 0 Å². The van der Waals surface area contributed by atoms with Crippen LogP contribution in [0.3, 0.4) is 0 Å². The summed E-state index contributed by atoms with van der Waals surface area (Å²) in [7, 11) is 1.59. The van der Waals surface area contributed by atoms with Gasteiger partial charge in [0.2, 0.25) is 5.91 Å². The van der Waals surface area contributed by atoms with Gasteiger partial charge in [0.05, 0.1) is 39.9 Å². The molecule has 0 spiro atoms. The Balaban J connectivity index is 4.07. The number of aliphatic hydroxyl groups excluding tert-OH is 1. The Bertz CT molecular complexity index is 1050. The fourth-order valence-corrected chi connectivity index (χ4v) is 9.31. The summed E-state index contributed by atoms with van der Waals surface area (Å²) in [6, 6.07) is -0.841. The Hall–Kier alpha value is -0.760. The molecule has 0 rings (SSSR count). The smallest absolute Gasteiger partial charge is 0.387 e. The number of allylic oxidation sites excluding steroid dienone is 1. The van der Waals surface area contributed by atoms with Crippen LogP contribution in [0.1, 0.15) is 284 Å². The average Bonchev–Trinajstić information content (AvgIpc) is 3.25. The summed E-state index contributed by atoms with van der Waals surface area (Å²) in [6.07, 6.45) is 57.4. The molecule has 0 aliphatic rings. The van der Waals surface area contributed by atoms with Crippen molar-refractivity contribution in [3.8, 4) is 0 Å². The van der Waals surface area contributed by atoms with Gasteiger partial charge in [0, 0.05) is 6.42 Å². The van der Waals surface area contributed by atoms with E-state index in [0.717, 1.165) is 38.5 Å². The summed E-state index contributed by atoms with van der Waals surface area (Å²) in [4.78, 5) is 23.2. The van der Waals surface area contributed by atoms with E-state index in [1.165, 1.54) is 225 Å². The van der Waals surface area contributed by atoms with E-state index in [9.17, 15) is 19.4 Å². The Kier molecular flexibility index (Phi) is 46.8. The third-order valence-corrected chi connectivity index (χ3v) is 14.0. The molecule has 0 saturated carbocycles. The zero-order valence-electron chi connectivity index (χ0n) is 43.6. The van der Waals surface area contributed by atoms with Gasteiger partial charge in [-0.1, -0.05) is 270 Å². The summed E-state index contributed by atoms with van der Waals surface area (Å²) >= 11 is 0. The topological polar surface area (TPSA) is 105 Å². The Morgan fingerprint density at radius 3 is 1.16 bits per heavy atom. The molecule has 0 aliphatic heterocycles. The van der Waals surface area contributed by atoms with Gasteiger partial charge in [-0.05, 0) is 19.3 Å². The highest BCUT2D eigenvalue weighted by Gasteiger charge is 2.27. The van der Waals surface area contributed by atoms with E-state index in [1.807, 2.05) is 27.2 Å². The number of phosphoric ester groups is 1. The Morgan fingerprint density at radius 2 is 0.828 bits per heavy atom. The lowest BCUT2D eigenvalue weighted by Gasteiger charge is -2.25. The minimum absolute atomic E-state index is 0.0649. The van der Waals surface area contributed by atoms with Gasteiger partial charge in [0.25, 0.3) is 0 Å². The maximum atomic E-state index is 12.9. The molecule has 382 valence electrons. The highest BCUT2D eigenvalue weighted by molar-refractivity contribution is 7.47. The highest BCUT2D eigenvalue weighted by Crippen LogP contribution is 2.43. The van der Waals surface area contributed by atoms with Crippen molar-refractivity contribution in [2.75, 3.05) is 40.9 Å². The lowest BCUT2D eigenvalue weighted by Crippen LogP contribution is -2.45. The first-order chi connectivity index (χ1) is 31.0. The Labute approximate surface area is 399 Å². The summed E-state index contributed by atoms with van der Waals surface area (Å²) in [5.74, 6) is -0.171. The molecule has 0 aromatic rings. The lowest BCUT2D eigenvalue weighted by molar-refractivity contribution is -0.870. The maximum Gasteiger partial charge on any atom is 0.472 e. The molecule has 0 aromatic heterocycles. The molecule has 1 unspecified atom stereocenters. The minimum atomic E-state index is -4.34. The van der Waals surface area contributed by atoms with Crippen molar-refractivity contribution >= 4 is 13.7 Å². The number of carbonyl (C=O) groups excluding carboxylic acids is 1. The van der Waals surface area contributed by atoms with Gasteiger partial charge in [-0.25, -0.2) is 4.57 Å². The standard InChI is InChI=1S/C55H111N2O6P/c1-6-8-10-12-14-16-18-20-22-23-24-25-26-27-28-29-30-31-32-33-34-35-37-39-41-43-45-47-49-55(59)56-53(52-63-64(60,61)62-51-50-57(3,4)5)54(58)48-46-44-42-40-38-36-21-19-17-15-13-11-9-7-2/h46,48,53-54,58H,6-45,47,49-52H2,1-5H3,(H-,56,59,60,61)/p+1/b48-46+/t53-,54+/m0/s1. The molecule has 0 radical (unpaired) electrons. The quantitative estimate of drug-likeness (QED) is 0.0243. The largest absolute Gasteiger partial charge is 0.472 e. The number of amides is 1. The molecule has 9 heteroatoms. The monoisotopic (exact) mass is 928 g/mol. The summed E-state index contributed by atoms with van der Waals surface area (Å²) in [6.45, 7) is 4.85. The first-order valence-electron chi connectivity index (χ1n) is 28.1. The SMILES string of the molecule is CCCCCCCCCCCCCC/C=C/[C@@H](O)[C@H](COP(=O)(O)OCC[N+](C)(C)C)NC(=O)CCCCCCCCCCCCCCCCCCCCCCCCCCCCCC. The number of quaternary nitrogens is 1. The lowest BCUT2D eigenvalue weighted by atomic mass is 10.0. The molecule has 3 N–H and O–H groups in total. The zero-order valence-corrected chi connectivity index (χ0v) is 44.4. The zero-order chi connectivity index (χ0) is 47.1. The molecule has 0 aliphatic carbocycles. The van der Waals surface area contributed by atoms with Gasteiger partial charge in [0.15, 0.2) is 0 Å². The van der Waals surface area contributed by atoms with Crippen LogP contribution in [-0.4, -0.2) is 73.4 Å². The highest BCUT2D eigenvalue weighted by atomic mass is 31.2. The number of likely N-dealkylation sites (N-methyl/N-ethyl adjacent to an activating group) is 1. The van der Waals surface area contributed by atoms with E-state index in [4.69, 9.17) is 9.05 Å². The summed E-state index contributed by atoms with van der Waals surface area (Å²) in [5, 5.41) is 13.9. The second-order valence-electron chi connectivity index (χ2n) is 20.7. The molecule has 1 amide bonds. The molecule has 0 heterocycles. The number of nitrogens with one attached hydrogen (secondary N) is 1. The number of hydrogen-bond acceptors (Lipinski definition) is 5. The molecular weight excluding hydrogens is 816 g/mol. The van der Waals surface area contributed by atoms with Crippen LogP contribution < -0.4 is 5.32 Å². The van der Waals surface area contributed by atoms with Crippen molar-refractivity contribution in [3.05, 3.63) is 12.2 Å². The minimum Gasteiger partial charge on any atom is -0.387 e. The van der Waals surface area contributed by atoms with Crippen LogP contribution in [0, 0.1) is 0 Å².